The van der Waals surface area contributed by atoms with Crippen LogP contribution in [0.4, 0.5) is 10.2 Å². The fourth-order valence-corrected chi connectivity index (χ4v) is 3.97. The summed E-state index contributed by atoms with van der Waals surface area (Å²) in [5.74, 6) is 1.93. The molecule has 0 radical (unpaired) electrons. The molecule has 1 aromatic carbocycles. The topological polar surface area (TPSA) is 61.7 Å². The zero-order valence-corrected chi connectivity index (χ0v) is 19.1. The quantitative estimate of drug-likeness (QED) is 0.660. The van der Waals surface area contributed by atoms with Crippen molar-refractivity contribution < 1.29 is 14.2 Å². The van der Waals surface area contributed by atoms with Crippen LogP contribution in [0.25, 0.3) is 0 Å². The highest BCUT2D eigenvalue weighted by Crippen LogP contribution is 2.25. The van der Waals surface area contributed by atoms with Gasteiger partial charge in [-0.25, -0.2) is 14.4 Å². The molecule has 2 heterocycles. The predicted molar refractivity (Wildman–Crippen MR) is 121 cm³/mol. The summed E-state index contributed by atoms with van der Waals surface area (Å²) in [5.41, 5.74) is 2.90. The summed E-state index contributed by atoms with van der Waals surface area (Å²) in [6.07, 6.45) is 0.128. The zero-order valence-electron chi connectivity index (χ0n) is 19.1. The van der Waals surface area contributed by atoms with Crippen molar-refractivity contribution in [3.63, 3.8) is 0 Å². The first-order valence-corrected chi connectivity index (χ1v) is 11.1. The number of halogens is 1. The number of aliphatic hydroxyl groups is 1. The number of aromatic nitrogens is 2. The standard InChI is InChI=1S/C24H35FN4O2/c1-17(2)15-31-16-22(30)14-28-8-10-29(11-9-28)24-23(18(3)26-19(4)27-24)13-20-6-5-7-21(25)12-20/h5-7,12,17,22,30H,8-11,13-16H2,1-4H3. The van der Waals surface area contributed by atoms with E-state index in [4.69, 9.17) is 9.72 Å². The second-order valence-electron chi connectivity index (χ2n) is 8.84. The van der Waals surface area contributed by atoms with Crippen LogP contribution in [0.5, 0.6) is 0 Å². The van der Waals surface area contributed by atoms with Gasteiger partial charge in [0.2, 0.25) is 0 Å². The van der Waals surface area contributed by atoms with Crippen LogP contribution in [0.2, 0.25) is 0 Å². The summed E-state index contributed by atoms with van der Waals surface area (Å²) in [6, 6.07) is 6.71. The fourth-order valence-electron chi connectivity index (χ4n) is 3.97. The smallest absolute Gasteiger partial charge is 0.136 e. The second-order valence-corrected chi connectivity index (χ2v) is 8.84. The molecule has 1 atom stereocenters. The van der Waals surface area contributed by atoms with Crippen molar-refractivity contribution >= 4 is 5.82 Å². The minimum Gasteiger partial charge on any atom is -0.389 e. The molecule has 0 bridgehead atoms. The van der Waals surface area contributed by atoms with E-state index in [-0.39, 0.29) is 5.82 Å². The van der Waals surface area contributed by atoms with Gasteiger partial charge in [-0.1, -0.05) is 26.0 Å². The second kappa shape index (κ2) is 11.0. The van der Waals surface area contributed by atoms with Gasteiger partial charge in [-0.3, -0.25) is 4.90 Å². The molecule has 1 aromatic heterocycles. The van der Waals surface area contributed by atoms with E-state index in [0.717, 1.165) is 54.6 Å². The first-order valence-electron chi connectivity index (χ1n) is 11.1. The van der Waals surface area contributed by atoms with E-state index in [2.05, 4.69) is 28.6 Å². The molecule has 1 aliphatic heterocycles. The molecule has 1 saturated heterocycles. The first-order chi connectivity index (χ1) is 14.8. The van der Waals surface area contributed by atoms with Crippen LogP contribution in [-0.4, -0.2) is 72.0 Å². The minimum absolute atomic E-state index is 0.228. The maximum absolute atomic E-state index is 13.7. The number of nitrogens with zero attached hydrogens (tertiary/aromatic N) is 4. The molecule has 31 heavy (non-hydrogen) atoms. The molecular weight excluding hydrogens is 395 g/mol. The Morgan fingerprint density at radius 3 is 2.52 bits per heavy atom. The van der Waals surface area contributed by atoms with E-state index < -0.39 is 6.10 Å². The summed E-state index contributed by atoms with van der Waals surface area (Å²) >= 11 is 0. The van der Waals surface area contributed by atoms with Gasteiger partial charge in [-0.05, 0) is 37.5 Å². The third kappa shape index (κ3) is 6.95. The Morgan fingerprint density at radius 1 is 1.10 bits per heavy atom. The van der Waals surface area contributed by atoms with Crippen molar-refractivity contribution in [2.24, 2.45) is 5.92 Å². The van der Waals surface area contributed by atoms with Crippen LogP contribution in [0, 0.1) is 25.6 Å². The van der Waals surface area contributed by atoms with Crippen molar-refractivity contribution in [1.29, 1.82) is 0 Å². The summed E-state index contributed by atoms with van der Waals surface area (Å²) in [4.78, 5) is 13.9. The number of ether oxygens (including phenoxy) is 1. The Kier molecular flexibility index (Phi) is 8.35. The molecule has 0 spiro atoms. The summed E-state index contributed by atoms with van der Waals surface area (Å²) in [6.45, 7) is 13.1. The number of aryl methyl sites for hydroxylation is 2. The molecule has 170 valence electrons. The van der Waals surface area contributed by atoms with Crippen LogP contribution in [0.3, 0.4) is 0 Å². The van der Waals surface area contributed by atoms with E-state index >= 15 is 0 Å². The van der Waals surface area contributed by atoms with Gasteiger partial charge in [0.25, 0.3) is 0 Å². The molecule has 1 N–H and O–H groups in total. The molecule has 6 nitrogen and oxygen atoms in total. The van der Waals surface area contributed by atoms with Gasteiger partial charge in [0, 0.05) is 57.0 Å². The van der Waals surface area contributed by atoms with Crippen LogP contribution in [-0.2, 0) is 11.2 Å². The Balaban J connectivity index is 1.63. The van der Waals surface area contributed by atoms with Crippen LogP contribution in [0.15, 0.2) is 24.3 Å². The maximum atomic E-state index is 13.7. The zero-order chi connectivity index (χ0) is 22.4. The largest absolute Gasteiger partial charge is 0.389 e. The number of rotatable bonds is 9. The van der Waals surface area contributed by atoms with Crippen LogP contribution < -0.4 is 4.90 Å². The van der Waals surface area contributed by atoms with Crippen molar-refractivity contribution in [1.82, 2.24) is 14.9 Å². The lowest BCUT2D eigenvalue weighted by Crippen LogP contribution is -2.49. The lowest BCUT2D eigenvalue weighted by Gasteiger charge is -2.37. The minimum atomic E-state index is -0.475. The van der Waals surface area contributed by atoms with Gasteiger partial charge in [-0.2, -0.15) is 0 Å². The monoisotopic (exact) mass is 430 g/mol. The number of piperazine rings is 1. The lowest BCUT2D eigenvalue weighted by atomic mass is 10.0. The third-order valence-electron chi connectivity index (χ3n) is 5.48. The van der Waals surface area contributed by atoms with E-state index in [1.54, 1.807) is 12.1 Å². The van der Waals surface area contributed by atoms with E-state index in [9.17, 15) is 9.50 Å². The van der Waals surface area contributed by atoms with E-state index in [0.29, 0.717) is 32.1 Å². The van der Waals surface area contributed by atoms with Crippen LogP contribution >= 0.6 is 0 Å². The average Bonchev–Trinajstić information content (AvgIpc) is 2.70. The molecular formula is C24H35FN4O2. The number of anilines is 1. The normalized spacial score (nSPS) is 16.2. The molecule has 1 aliphatic rings. The van der Waals surface area contributed by atoms with Gasteiger partial charge >= 0.3 is 0 Å². The Hall–Kier alpha value is -2.09. The van der Waals surface area contributed by atoms with Crippen LogP contribution in [0.1, 0.15) is 36.5 Å². The van der Waals surface area contributed by atoms with Gasteiger partial charge in [-0.15, -0.1) is 0 Å². The number of hydrogen-bond acceptors (Lipinski definition) is 6. The average molecular weight is 431 g/mol. The molecule has 0 aliphatic carbocycles. The van der Waals surface area contributed by atoms with Gasteiger partial charge in [0.05, 0.1) is 12.7 Å². The molecule has 0 amide bonds. The Morgan fingerprint density at radius 2 is 1.84 bits per heavy atom. The number of aliphatic hydroxyl groups excluding tert-OH is 1. The van der Waals surface area contributed by atoms with Crippen molar-refractivity contribution in [2.45, 2.75) is 40.2 Å². The molecule has 1 unspecified atom stereocenters. The Labute approximate surface area is 185 Å². The SMILES string of the molecule is Cc1nc(C)c(Cc2cccc(F)c2)c(N2CCN(CC(O)COCC(C)C)CC2)n1. The fraction of sp³-hybridized carbons (Fsp3) is 0.583. The van der Waals surface area contributed by atoms with Gasteiger partial charge in [0.15, 0.2) is 0 Å². The molecule has 2 aromatic rings. The first kappa shape index (κ1) is 23.6. The predicted octanol–water partition coefficient (Wildman–Crippen LogP) is 2.98. The van der Waals surface area contributed by atoms with E-state index in [1.165, 1.54) is 6.07 Å². The number of β-amino-alcohol motifs (C(OH)–C–C–N with tert-alkyl or cyclic N) is 1. The number of benzene rings is 1. The maximum Gasteiger partial charge on any atom is 0.136 e. The summed E-state index contributed by atoms with van der Waals surface area (Å²) in [7, 11) is 0. The molecule has 0 saturated carbocycles. The third-order valence-corrected chi connectivity index (χ3v) is 5.48. The molecule has 3 rings (SSSR count). The molecule has 1 fully saturated rings. The lowest BCUT2D eigenvalue weighted by molar-refractivity contribution is 0.00745. The van der Waals surface area contributed by atoms with Crippen molar-refractivity contribution in [2.75, 3.05) is 50.8 Å². The van der Waals surface area contributed by atoms with Crippen molar-refractivity contribution in [3.05, 3.63) is 52.7 Å². The summed E-state index contributed by atoms with van der Waals surface area (Å²) in [5, 5.41) is 10.3. The highest BCUT2D eigenvalue weighted by Gasteiger charge is 2.23. The highest BCUT2D eigenvalue weighted by molar-refractivity contribution is 5.51. The van der Waals surface area contributed by atoms with Gasteiger partial charge in [0.1, 0.15) is 17.5 Å². The molecule has 7 heteroatoms. The van der Waals surface area contributed by atoms with E-state index in [1.807, 2.05) is 19.9 Å². The van der Waals surface area contributed by atoms with Gasteiger partial charge < -0.3 is 14.7 Å². The Bertz CT molecular complexity index is 853. The van der Waals surface area contributed by atoms with Crippen molar-refractivity contribution in [3.8, 4) is 0 Å². The number of hydrogen-bond donors (Lipinski definition) is 1. The summed E-state index contributed by atoms with van der Waals surface area (Å²) < 4.78 is 19.2. The highest BCUT2D eigenvalue weighted by atomic mass is 19.1.